The summed E-state index contributed by atoms with van der Waals surface area (Å²) in [5.74, 6) is 0.529. The van der Waals surface area contributed by atoms with E-state index in [2.05, 4.69) is 34.1 Å². The van der Waals surface area contributed by atoms with Crippen molar-refractivity contribution in [2.45, 2.75) is 58.5 Å². The lowest BCUT2D eigenvalue weighted by Crippen LogP contribution is -2.24. The maximum Gasteiger partial charge on any atom is 0.306 e. The first-order valence-corrected chi connectivity index (χ1v) is 8.12. The van der Waals surface area contributed by atoms with Crippen molar-refractivity contribution in [3.63, 3.8) is 0 Å². The van der Waals surface area contributed by atoms with Crippen LogP contribution in [0.4, 0.5) is 0 Å². The zero-order chi connectivity index (χ0) is 14.8. The van der Waals surface area contributed by atoms with Gasteiger partial charge < -0.3 is 4.74 Å². The highest BCUT2D eigenvalue weighted by atomic mass is 79.9. The van der Waals surface area contributed by atoms with E-state index in [1.165, 1.54) is 17.5 Å². The van der Waals surface area contributed by atoms with Gasteiger partial charge in [-0.2, -0.15) is 0 Å². The molecule has 20 heavy (non-hydrogen) atoms. The number of hydrogen-bond acceptors (Lipinski definition) is 2. The Labute approximate surface area is 130 Å². The molecule has 0 spiro atoms. The Morgan fingerprint density at radius 2 is 2.10 bits per heavy atom. The third kappa shape index (κ3) is 4.62. The molecule has 2 nitrogen and oxygen atoms in total. The molecule has 1 aromatic rings. The van der Waals surface area contributed by atoms with E-state index in [0.717, 1.165) is 23.7 Å². The fourth-order valence-corrected chi connectivity index (χ4v) is 3.17. The lowest BCUT2D eigenvalue weighted by atomic mass is 9.82. The minimum Gasteiger partial charge on any atom is -0.460 e. The molecule has 0 saturated carbocycles. The molecule has 0 saturated heterocycles. The van der Waals surface area contributed by atoms with Crippen LogP contribution in [0.15, 0.2) is 22.7 Å². The van der Waals surface area contributed by atoms with Crippen molar-refractivity contribution in [1.82, 2.24) is 0 Å². The number of carbonyl (C=O) groups is 1. The average Bonchev–Trinajstić information content (AvgIpc) is 2.33. The van der Waals surface area contributed by atoms with Gasteiger partial charge in [0.1, 0.15) is 5.60 Å². The summed E-state index contributed by atoms with van der Waals surface area (Å²) >= 11 is 3.53. The van der Waals surface area contributed by atoms with Crippen molar-refractivity contribution in [3.05, 3.63) is 33.8 Å². The second-order valence-electron chi connectivity index (χ2n) is 6.65. The molecule has 1 atom stereocenters. The fourth-order valence-electron chi connectivity index (χ4n) is 2.76. The summed E-state index contributed by atoms with van der Waals surface area (Å²) in [5.41, 5.74) is 2.52. The highest BCUT2D eigenvalue weighted by Gasteiger charge is 2.21. The Morgan fingerprint density at radius 3 is 2.80 bits per heavy atom. The molecule has 1 aliphatic carbocycles. The van der Waals surface area contributed by atoms with Gasteiger partial charge in [0.2, 0.25) is 0 Å². The van der Waals surface area contributed by atoms with E-state index in [1.807, 2.05) is 20.8 Å². The third-order valence-corrected chi connectivity index (χ3v) is 4.17. The second-order valence-corrected chi connectivity index (χ2v) is 7.56. The van der Waals surface area contributed by atoms with E-state index in [0.29, 0.717) is 12.3 Å². The fraction of sp³-hybridized carbons (Fsp3) is 0.588. The molecule has 0 fully saturated rings. The van der Waals surface area contributed by atoms with E-state index in [9.17, 15) is 4.79 Å². The van der Waals surface area contributed by atoms with E-state index < -0.39 is 0 Å². The van der Waals surface area contributed by atoms with Crippen LogP contribution in [0.3, 0.4) is 0 Å². The first kappa shape index (κ1) is 15.6. The number of hydrogen-bond donors (Lipinski definition) is 0. The number of fused-ring (bicyclic) bond motifs is 1. The third-order valence-electron chi connectivity index (χ3n) is 3.68. The molecular weight excluding hydrogens is 316 g/mol. The van der Waals surface area contributed by atoms with Crippen LogP contribution in [0.5, 0.6) is 0 Å². The molecule has 1 aromatic carbocycles. The van der Waals surface area contributed by atoms with Gasteiger partial charge in [0.25, 0.3) is 0 Å². The number of rotatable bonds is 3. The van der Waals surface area contributed by atoms with E-state index >= 15 is 0 Å². The highest BCUT2D eigenvalue weighted by Crippen LogP contribution is 2.30. The smallest absolute Gasteiger partial charge is 0.306 e. The van der Waals surface area contributed by atoms with Gasteiger partial charge in [0.05, 0.1) is 0 Å². The topological polar surface area (TPSA) is 26.3 Å². The SMILES string of the molecule is CC(C)(C)OC(=O)CCC1CCc2ccc(Br)cc2C1. The summed E-state index contributed by atoms with van der Waals surface area (Å²) in [7, 11) is 0. The summed E-state index contributed by atoms with van der Waals surface area (Å²) < 4.78 is 6.51. The molecule has 0 heterocycles. The summed E-state index contributed by atoms with van der Waals surface area (Å²) in [5, 5.41) is 0. The van der Waals surface area contributed by atoms with Crippen LogP contribution < -0.4 is 0 Å². The first-order valence-electron chi connectivity index (χ1n) is 7.32. The Morgan fingerprint density at radius 1 is 1.35 bits per heavy atom. The molecule has 3 heteroatoms. The van der Waals surface area contributed by atoms with Crippen LogP contribution in [0.2, 0.25) is 0 Å². The van der Waals surface area contributed by atoms with Crippen molar-refractivity contribution < 1.29 is 9.53 Å². The number of halogens is 1. The van der Waals surface area contributed by atoms with Gasteiger partial charge in [-0.3, -0.25) is 4.79 Å². The Kier molecular flexibility index (Phi) is 4.90. The van der Waals surface area contributed by atoms with Crippen LogP contribution in [0.1, 0.15) is 51.2 Å². The molecule has 0 N–H and O–H groups in total. The molecule has 0 bridgehead atoms. The van der Waals surface area contributed by atoms with Crippen LogP contribution in [0, 0.1) is 5.92 Å². The normalized spacial score (nSPS) is 18.5. The molecule has 0 aromatic heterocycles. The zero-order valence-electron chi connectivity index (χ0n) is 12.5. The van der Waals surface area contributed by atoms with Gasteiger partial charge in [0, 0.05) is 10.9 Å². The van der Waals surface area contributed by atoms with E-state index in [1.54, 1.807) is 0 Å². The van der Waals surface area contributed by atoms with Crippen LogP contribution in [0.25, 0.3) is 0 Å². The number of aryl methyl sites for hydroxylation is 1. The second kappa shape index (κ2) is 6.30. The maximum absolute atomic E-state index is 11.8. The van der Waals surface area contributed by atoms with Crippen molar-refractivity contribution in [3.8, 4) is 0 Å². The van der Waals surface area contributed by atoms with E-state index in [4.69, 9.17) is 4.74 Å². The quantitative estimate of drug-likeness (QED) is 0.748. The standard InChI is InChI=1S/C17H23BrO2/c1-17(2,3)20-16(19)9-5-12-4-6-13-7-8-15(18)11-14(13)10-12/h7-8,11-12H,4-6,9-10H2,1-3H3. The van der Waals surface area contributed by atoms with Crippen LogP contribution in [-0.2, 0) is 22.4 Å². The first-order chi connectivity index (χ1) is 9.33. The van der Waals surface area contributed by atoms with Gasteiger partial charge in [-0.05, 0) is 75.6 Å². The number of carbonyl (C=O) groups excluding carboxylic acids is 1. The van der Waals surface area contributed by atoms with Crippen molar-refractivity contribution in [1.29, 1.82) is 0 Å². The summed E-state index contributed by atoms with van der Waals surface area (Å²) in [6.07, 6.45) is 4.85. The molecule has 1 unspecified atom stereocenters. The van der Waals surface area contributed by atoms with E-state index in [-0.39, 0.29) is 11.6 Å². The molecule has 0 aliphatic heterocycles. The number of esters is 1. The molecular formula is C17H23BrO2. The molecule has 0 radical (unpaired) electrons. The number of benzene rings is 1. The monoisotopic (exact) mass is 338 g/mol. The molecule has 110 valence electrons. The Hall–Kier alpha value is -0.830. The van der Waals surface area contributed by atoms with Crippen LogP contribution in [-0.4, -0.2) is 11.6 Å². The van der Waals surface area contributed by atoms with Crippen molar-refractivity contribution in [2.75, 3.05) is 0 Å². The maximum atomic E-state index is 11.8. The molecule has 0 amide bonds. The minimum atomic E-state index is -0.374. The van der Waals surface area contributed by atoms with Gasteiger partial charge >= 0.3 is 5.97 Å². The van der Waals surface area contributed by atoms with Gasteiger partial charge in [-0.15, -0.1) is 0 Å². The lowest BCUT2D eigenvalue weighted by Gasteiger charge is -2.25. The van der Waals surface area contributed by atoms with Gasteiger partial charge in [-0.1, -0.05) is 22.0 Å². The lowest BCUT2D eigenvalue weighted by molar-refractivity contribution is -0.155. The summed E-state index contributed by atoms with van der Waals surface area (Å²) in [6.45, 7) is 5.75. The number of ether oxygens (including phenoxy) is 1. The van der Waals surface area contributed by atoms with Crippen molar-refractivity contribution in [2.24, 2.45) is 5.92 Å². The van der Waals surface area contributed by atoms with Crippen LogP contribution >= 0.6 is 15.9 Å². The predicted octanol–water partition coefficient (Wildman–Crippen LogP) is 4.68. The molecule has 2 rings (SSSR count). The Bertz CT molecular complexity index is 488. The van der Waals surface area contributed by atoms with Crippen molar-refractivity contribution >= 4 is 21.9 Å². The summed E-state index contributed by atoms with van der Waals surface area (Å²) in [4.78, 5) is 11.8. The zero-order valence-corrected chi connectivity index (χ0v) is 14.1. The largest absolute Gasteiger partial charge is 0.460 e. The highest BCUT2D eigenvalue weighted by molar-refractivity contribution is 9.10. The predicted molar refractivity (Wildman–Crippen MR) is 84.7 cm³/mol. The van der Waals surface area contributed by atoms with Gasteiger partial charge in [0.15, 0.2) is 0 Å². The van der Waals surface area contributed by atoms with Gasteiger partial charge in [-0.25, -0.2) is 0 Å². The summed E-state index contributed by atoms with van der Waals surface area (Å²) in [6, 6.07) is 6.54. The average molecular weight is 339 g/mol. The molecule has 1 aliphatic rings. The Balaban J connectivity index is 1.86. The minimum absolute atomic E-state index is 0.0717.